The SMILES string of the molecule is C=CC(=O)OCC1CSC(CSCC2CCCCC2CSCC2SCC(COC(=O)C=C)S2)S1. The van der Waals surface area contributed by atoms with Gasteiger partial charge in [0.05, 0.1) is 9.16 Å². The fourth-order valence-corrected chi connectivity index (χ4v) is 14.2. The second kappa shape index (κ2) is 16.4. The maximum Gasteiger partial charge on any atom is 0.330 e. The third kappa shape index (κ3) is 10.5. The number of hydrogen-bond acceptors (Lipinski definition) is 10. The van der Waals surface area contributed by atoms with E-state index in [1.807, 2.05) is 47.0 Å². The third-order valence-electron chi connectivity index (χ3n) is 6.02. The maximum absolute atomic E-state index is 11.3. The van der Waals surface area contributed by atoms with Crippen LogP contribution in [0.15, 0.2) is 25.3 Å². The highest BCUT2D eigenvalue weighted by Gasteiger charge is 2.30. The quantitative estimate of drug-likeness (QED) is 0.179. The molecule has 0 spiro atoms. The minimum absolute atomic E-state index is 0.316. The molecule has 10 heteroatoms. The molecule has 0 amide bonds. The summed E-state index contributed by atoms with van der Waals surface area (Å²) in [5.41, 5.74) is 0. The van der Waals surface area contributed by atoms with E-state index >= 15 is 0 Å². The lowest BCUT2D eigenvalue weighted by atomic mass is 9.81. The summed E-state index contributed by atoms with van der Waals surface area (Å²) in [5, 5.41) is 0.830. The standard InChI is InChI=1S/C24H36O4S6/c1-3-21(25)27-9-19-13-31-23(33-19)15-29-11-17-7-5-6-8-18(17)12-30-16-24-32-14-20(34-24)10-28-22(26)4-2/h3-4,17-20,23-24H,1-2,5-16H2. The van der Waals surface area contributed by atoms with E-state index in [-0.39, 0.29) is 11.9 Å². The molecule has 6 unspecified atom stereocenters. The van der Waals surface area contributed by atoms with Crippen molar-refractivity contribution in [2.75, 3.05) is 47.7 Å². The number of hydrogen-bond donors (Lipinski definition) is 0. The predicted octanol–water partition coefficient (Wildman–Crippen LogP) is 6.07. The molecule has 192 valence electrons. The molecular weight excluding hydrogens is 545 g/mol. The Balaban J connectivity index is 1.28. The van der Waals surface area contributed by atoms with E-state index in [1.165, 1.54) is 60.8 Å². The van der Waals surface area contributed by atoms with Crippen LogP contribution in [0.25, 0.3) is 0 Å². The fraction of sp³-hybridized carbons (Fsp3) is 0.750. The maximum atomic E-state index is 11.3. The predicted molar refractivity (Wildman–Crippen MR) is 158 cm³/mol. The Morgan fingerprint density at radius 1 is 0.765 bits per heavy atom. The van der Waals surface area contributed by atoms with Crippen LogP contribution in [0.2, 0.25) is 0 Å². The molecule has 0 aromatic rings. The summed E-state index contributed by atoms with van der Waals surface area (Å²) in [4.78, 5) is 22.5. The molecule has 3 rings (SSSR count). The number of esters is 2. The summed E-state index contributed by atoms with van der Waals surface area (Å²) in [6.07, 6.45) is 8.01. The number of carbonyl (C=O) groups excluding carboxylic acids is 2. The summed E-state index contributed by atoms with van der Waals surface area (Å²) in [5.74, 6) is 8.13. The Morgan fingerprint density at radius 2 is 1.21 bits per heavy atom. The van der Waals surface area contributed by atoms with Crippen molar-refractivity contribution < 1.29 is 19.1 Å². The molecule has 0 bridgehead atoms. The molecule has 2 aliphatic heterocycles. The third-order valence-corrected chi connectivity index (χ3v) is 15.8. The van der Waals surface area contributed by atoms with Gasteiger partial charge in [0, 0.05) is 45.7 Å². The first kappa shape index (κ1) is 29.1. The summed E-state index contributed by atoms with van der Waals surface area (Å²) in [6.45, 7) is 7.92. The molecule has 34 heavy (non-hydrogen) atoms. The number of ether oxygens (including phenoxy) is 2. The highest BCUT2D eigenvalue weighted by Crippen LogP contribution is 2.43. The van der Waals surface area contributed by atoms with E-state index in [0.29, 0.717) is 32.9 Å². The second-order valence-corrected chi connectivity index (χ2v) is 16.8. The van der Waals surface area contributed by atoms with E-state index < -0.39 is 0 Å². The van der Waals surface area contributed by atoms with Gasteiger partial charge in [0.2, 0.25) is 0 Å². The lowest BCUT2D eigenvalue weighted by Crippen LogP contribution is -2.24. The van der Waals surface area contributed by atoms with Crippen LogP contribution in [-0.4, -0.2) is 79.3 Å². The van der Waals surface area contributed by atoms with Crippen molar-refractivity contribution in [2.45, 2.75) is 45.3 Å². The normalized spacial score (nSPS) is 31.2. The van der Waals surface area contributed by atoms with E-state index in [4.69, 9.17) is 9.47 Å². The van der Waals surface area contributed by atoms with Gasteiger partial charge in [0.1, 0.15) is 13.2 Å². The highest BCUT2D eigenvalue weighted by molar-refractivity contribution is 8.22. The Morgan fingerprint density at radius 3 is 1.62 bits per heavy atom. The van der Waals surface area contributed by atoms with Crippen molar-refractivity contribution in [2.24, 2.45) is 11.8 Å². The zero-order valence-corrected chi connectivity index (χ0v) is 24.5. The summed E-state index contributed by atoms with van der Waals surface area (Å²) >= 11 is 12.2. The van der Waals surface area contributed by atoms with Crippen LogP contribution in [0.1, 0.15) is 25.7 Å². The smallest absolute Gasteiger partial charge is 0.330 e. The largest absolute Gasteiger partial charge is 0.461 e. The van der Waals surface area contributed by atoms with Crippen molar-refractivity contribution in [1.29, 1.82) is 0 Å². The van der Waals surface area contributed by atoms with E-state index in [9.17, 15) is 9.59 Å². The van der Waals surface area contributed by atoms with Gasteiger partial charge in [-0.3, -0.25) is 0 Å². The van der Waals surface area contributed by atoms with Crippen LogP contribution in [-0.2, 0) is 19.1 Å². The van der Waals surface area contributed by atoms with Crippen LogP contribution in [0, 0.1) is 11.8 Å². The van der Waals surface area contributed by atoms with Crippen LogP contribution in [0.3, 0.4) is 0 Å². The zero-order chi connectivity index (χ0) is 24.2. The van der Waals surface area contributed by atoms with Gasteiger partial charge in [-0.1, -0.05) is 26.0 Å². The molecular formula is C24H36O4S6. The van der Waals surface area contributed by atoms with Gasteiger partial charge in [-0.05, 0) is 36.2 Å². The van der Waals surface area contributed by atoms with Crippen molar-refractivity contribution in [3.8, 4) is 0 Å². The van der Waals surface area contributed by atoms with Gasteiger partial charge in [-0.15, -0.1) is 47.0 Å². The molecule has 4 nitrogen and oxygen atoms in total. The van der Waals surface area contributed by atoms with Gasteiger partial charge in [0.15, 0.2) is 0 Å². The molecule has 2 saturated heterocycles. The Labute approximate surface area is 230 Å². The Hall–Kier alpha value is 0.520. The van der Waals surface area contributed by atoms with Crippen LogP contribution < -0.4 is 0 Å². The van der Waals surface area contributed by atoms with Gasteiger partial charge >= 0.3 is 11.9 Å². The topological polar surface area (TPSA) is 52.6 Å². The minimum Gasteiger partial charge on any atom is -0.461 e. The van der Waals surface area contributed by atoms with Gasteiger partial charge in [-0.2, -0.15) is 23.5 Å². The van der Waals surface area contributed by atoms with E-state index in [2.05, 4.69) is 36.7 Å². The van der Waals surface area contributed by atoms with E-state index in [1.54, 1.807) is 0 Å². The number of rotatable bonds is 14. The Kier molecular flexibility index (Phi) is 14.0. The average Bonchev–Trinajstić information content (AvgIpc) is 3.51. The van der Waals surface area contributed by atoms with Crippen molar-refractivity contribution >= 4 is 82.5 Å². The van der Waals surface area contributed by atoms with Crippen LogP contribution in [0.4, 0.5) is 0 Å². The van der Waals surface area contributed by atoms with Crippen LogP contribution in [0.5, 0.6) is 0 Å². The van der Waals surface area contributed by atoms with Crippen molar-refractivity contribution in [3.63, 3.8) is 0 Å². The molecule has 1 saturated carbocycles. The number of carbonyl (C=O) groups is 2. The lowest BCUT2D eigenvalue weighted by Gasteiger charge is -2.31. The first-order chi connectivity index (χ1) is 16.6. The first-order valence-corrected chi connectivity index (χ1v) is 18.1. The van der Waals surface area contributed by atoms with Gasteiger partial charge in [0.25, 0.3) is 0 Å². The molecule has 0 radical (unpaired) electrons. The minimum atomic E-state index is -0.316. The molecule has 3 aliphatic rings. The van der Waals surface area contributed by atoms with Crippen molar-refractivity contribution in [3.05, 3.63) is 25.3 Å². The van der Waals surface area contributed by atoms with Crippen molar-refractivity contribution in [1.82, 2.24) is 0 Å². The summed E-state index contributed by atoms with van der Waals surface area (Å²) < 4.78 is 11.7. The monoisotopic (exact) mass is 580 g/mol. The second-order valence-electron chi connectivity index (χ2n) is 8.59. The molecule has 0 N–H and O–H groups in total. The molecule has 2 heterocycles. The molecule has 3 fully saturated rings. The zero-order valence-electron chi connectivity index (χ0n) is 19.6. The highest BCUT2D eigenvalue weighted by atomic mass is 32.2. The van der Waals surface area contributed by atoms with Crippen LogP contribution >= 0.6 is 70.6 Å². The molecule has 0 aromatic heterocycles. The first-order valence-electron chi connectivity index (χ1n) is 11.8. The molecule has 6 atom stereocenters. The molecule has 0 aromatic carbocycles. The fourth-order valence-electron chi connectivity index (χ4n) is 4.19. The average molecular weight is 581 g/mol. The Bertz CT molecular complexity index is 622. The molecule has 1 aliphatic carbocycles. The van der Waals surface area contributed by atoms with Gasteiger partial charge < -0.3 is 9.47 Å². The number of thioether (sulfide) groups is 6. The summed E-state index contributed by atoms with van der Waals surface area (Å²) in [7, 11) is 0. The lowest BCUT2D eigenvalue weighted by molar-refractivity contribution is -0.138. The summed E-state index contributed by atoms with van der Waals surface area (Å²) in [6, 6.07) is 0. The van der Waals surface area contributed by atoms with Gasteiger partial charge in [-0.25, -0.2) is 9.59 Å². The van der Waals surface area contributed by atoms with E-state index in [0.717, 1.165) is 23.3 Å².